The third-order valence-corrected chi connectivity index (χ3v) is 3.58. The Bertz CT molecular complexity index is 489. The van der Waals surface area contributed by atoms with Gasteiger partial charge in [0.15, 0.2) is 5.78 Å². The summed E-state index contributed by atoms with van der Waals surface area (Å²) in [6.07, 6.45) is 0. The van der Waals surface area contributed by atoms with Crippen molar-refractivity contribution in [3.8, 4) is 11.5 Å². The third kappa shape index (κ3) is 2.19. The summed E-state index contributed by atoms with van der Waals surface area (Å²) < 4.78 is 15.7. The second-order valence-electron chi connectivity index (χ2n) is 4.83. The van der Waals surface area contributed by atoms with Gasteiger partial charge in [0, 0.05) is 12.6 Å². The van der Waals surface area contributed by atoms with Gasteiger partial charge < -0.3 is 19.9 Å². The predicted octanol–water partition coefficient (Wildman–Crippen LogP) is 1.17. The van der Waals surface area contributed by atoms with Gasteiger partial charge in [0.1, 0.15) is 11.5 Å². The lowest BCUT2D eigenvalue weighted by molar-refractivity contribution is -0.0817. The minimum absolute atomic E-state index is 0.0155. The Balaban J connectivity index is 2.46. The lowest BCUT2D eigenvalue weighted by atomic mass is 9.77. The number of carbonyl (C=O) groups excluding carboxylic acids is 1. The van der Waals surface area contributed by atoms with Gasteiger partial charge in [-0.3, -0.25) is 4.79 Å². The molecule has 104 valence electrons. The Hall–Kier alpha value is -1.59. The number of hydrogen-bond acceptors (Lipinski definition) is 5. The first-order valence-corrected chi connectivity index (χ1v) is 6.13. The highest BCUT2D eigenvalue weighted by Crippen LogP contribution is 2.37. The smallest absolute Gasteiger partial charge is 0.178 e. The molecule has 0 aliphatic carbocycles. The quantitative estimate of drug-likeness (QED) is 0.809. The predicted molar refractivity (Wildman–Crippen MR) is 70.9 cm³/mol. The summed E-state index contributed by atoms with van der Waals surface area (Å²) in [5, 5.41) is 0. The van der Waals surface area contributed by atoms with E-state index in [9.17, 15) is 4.79 Å². The maximum atomic E-state index is 12.7. The number of Topliss-reactive ketones (excluding diaryl/α,β-unsaturated/α-hetero) is 1. The molecule has 0 atom stereocenters. The van der Waals surface area contributed by atoms with Crippen LogP contribution in [0.3, 0.4) is 0 Å². The average molecular weight is 265 g/mol. The third-order valence-electron chi connectivity index (χ3n) is 3.58. The van der Waals surface area contributed by atoms with Crippen molar-refractivity contribution in [2.75, 3.05) is 34.0 Å². The fraction of sp³-hybridized carbons (Fsp3) is 0.500. The van der Waals surface area contributed by atoms with Crippen molar-refractivity contribution < 1.29 is 19.0 Å². The van der Waals surface area contributed by atoms with Crippen molar-refractivity contribution in [3.63, 3.8) is 0 Å². The number of carbonyl (C=O) groups is 1. The minimum atomic E-state index is -0.605. The largest absolute Gasteiger partial charge is 0.497 e. The van der Waals surface area contributed by atoms with Gasteiger partial charge >= 0.3 is 0 Å². The Morgan fingerprint density at radius 2 is 2.05 bits per heavy atom. The van der Waals surface area contributed by atoms with Gasteiger partial charge in [-0.1, -0.05) is 0 Å². The zero-order valence-corrected chi connectivity index (χ0v) is 11.5. The second-order valence-corrected chi connectivity index (χ2v) is 4.83. The van der Waals surface area contributed by atoms with Crippen LogP contribution in [0.1, 0.15) is 15.9 Å². The summed E-state index contributed by atoms with van der Waals surface area (Å²) in [6.45, 7) is 2.89. The van der Waals surface area contributed by atoms with Gasteiger partial charge in [-0.05, 0) is 18.6 Å². The number of aryl methyl sites for hydroxylation is 1. The normalized spacial score (nSPS) is 16.6. The minimum Gasteiger partial charge on any atom is -0.497 e. The van der Waals surface area contributed by atoms with E-state index in [1.54, 1.807) is 13.2 Å². The Morgan fingerprint density at radius 3 is 2.47 bits per heavy atom. The molecule has 5 heteroatoms. The van der Waals surface area contributed by atoms with Crippen molar-refractivity contribution in [2.24, 2.45) is 11.1 Å². The molecule has 2 rings (SSSR count). The maximum Gasteiger partial charge on any atom is 0.178 e. The monoisotopic (exact) mass is 265 g/mol. The number of methoxy groups -OCH3 is 2. The van der Waals surface area contributed by atoms with E-state index in [0.717, 1.165) is 5.56 Å². The molecule has 1 aliphatic rings. The van der Waals surface area contributed by atoms with Gasteiger partial charge in [0.2, 0.25) is 0 Å². The van der Waals surface area contributed by atoms with Gasteiger partial charge in [-0.25, -0.2) is 0 Å². The van der Waals surface area contributed by atoms with Gasteiger partial charge in [0.05, 0.1) is 38.4 Å². The van der Waals surface area contributed by atoms with Crippen molar-refractivity contribution in [1.29, 1.82) is 0 Å². The van der Waals surface area contributed by atoms with Crippen LogP contribution < -0.4 is 15.2 Å². The first kappa shape index (κ1) is 13.8. The lowest BCUT2D eigenvalue weighted by Gasteiger charge is -2.39. The lowest BCUT2D eigenvalue weighted by Crippen LogP contribution is -2.54. The summed E-state index contributed by atoms with van der Waals surface area (Å²) >= 11 is 0. The molecule has 1 heterocycles. The molecule has 1 aromatic rings. The molecule has 0 saturated carbocycles. The molecule has 0 bridgehead atoms. The van der Waals surface area contributed by atoms with Gasteiger partial charge in [-0.2, -0.15) is 0 Å². The van der Waals surface area contributed by atoms with Crippen LogP contribution in [0.2, 0.25) is 0 Å². The maximum absolute atomic E-state index is 12.7. The van der Waals surface area contributed by atoms with E-state index < -0.39 is 5.41 Å². The van der Waals surface area contributed by atoms with Crippen LogP contribution in [0.25, 0.3) is 0 Å². The molecule has 1 aromatic carbocycles. The molecule has 5 nitrogen and oxygen atoms in total. The summed E-state index contributed by atoms with van der Waals surface area (Å²) in [7, 11) is 3.12. The van der Waals surface area contributed by atoms with Crippen molar-refractivity contribution in [3.05, 3.63) is 23.3 Å². The highest BCUT2D eigenvalue weighted by Gasteiger charge is 2.46. The first-order valence-electron chi connectivity index (χ1n) is 6.13. The summed E-state index contributed by atoms with van der Waals surface area (Å²) in [6, 6.07) is 3.53. The topological polar surface area (TPSA) is 70.8 Å². The highest BCUT2D eigenvalue weighted by atomic mass is 16.5. The zero-order valence-electron chi connectivity index (χ0n) is 11.5. The van der Waals surface area contributed by atoms with E-state index in [2.05, 4.69) is 0 Å². The Labute approximate surface area is 112 Å². The molecule has 0 amide bonds. The number of nitrogens with two attached hydrogens (primary N) is 1. The molecule has 1 aliphatic heterocycles. The first-order chi connectivity index (χ1) is 9.07. The van der Waals surface area contributed by atoms with Crippen LogP contribution in [0, 0.1) is 12.3 Å². The average Bonchev–Trinajstić information content (AvgIpc) is 2.36. The molecule has 1 fully saturated rings. The fourth-order valence-corrected chi connectivity index (χ4v) is 2.25. The van der Waals surface area contributed by atoms with E-state index in [1.807, 2.05) is 13.0 Å². The second kappa shape index (κ2) is 5.19. The molecule has 0 spiro atoms. The van der Waals surface area contributed by atoms with E-state index in [4.69, 9.17) is 19.9 Å². The van der Waals surface area contributed by atoms with E-state index in [0.29, 0.717) is 30.3 Å². The van der Waals surface area contributed by atoms with E-state index in [1.165, 1.54) is 7.11 Å². The van der Waals surface area contributed by atoms with E-state index in [-0.39, 0.29) is 12.3 Å². The molecule has 2 N–H and O–H groups in total. The molecule has 0 unspecified atom stereocenters. The molecule has 19 heavy (non-hydrogen) atoms. The number of benzene rings is 1. The molecule has 1 saturated heterocycles. The van der Waals surface area contributed by atoms with Crippen LogP contribution in [0.15, 0.2) is 12.1 Å². The van der Waals surface area contributed by atoms with Gasteiger partial charge in [0.25, 0.3) is 0 Å². The SMILES string of the molecule is COc1cc(C)c(C(=O)C2(CN)COC2)c(OC)c1. The molecular weight excluding hydrogens is 246 g/mol. The van der Waals surface area contributed by atoms with Crippen LogP contribution in [0.5, 0.6) is 11.5 Å². The Morgan fingerprint density at radius 1 is 1.37 bits per heavy atom. The summed E-state index contributed by atoms with van der Waals surface area (Å²) in [4.78, 5) is 12.7. The summed E-state index contributed by atoms with van der Waals surface area (Å²) in [5.41, 5.74) is 6.52. The van der Waals surface area contributed by atoms with Crippen molar-refractivity contribution in [2.45, 2.75) is 6.92 Å². The van der Waals surface area contributed by atoms with Crippen LogP contribution in [-0.2, 0) is 4.74 Å². The molecule has 0 radical (unpaired) electrons. The Kier molecular flexibility index (Phi) is 3.78. The van der Waals surface area contributed by atoms with Crippen LogP contribution in [-0.4, -0.2) is 39.8 Å². The standard InChI is InChI=1S/C14H19NO4/c1-9-4-10(17-2)5-11(18-3)12(9)13(16)14(6-15)7-19-8-14/h4-5H,6-8,15H2,1-3H3. The van der Waals surface area contributed by atoms with Crippen molar-refractivity contribution in [1.82, 2.24) is 0 Å². The van der Waals surface area contributed by atoms with Crippen molar-refractivity contribution >= 4 is 5.78 Å². The fourth-order valence-electron chi connectivity index (χ4n) is 2.25. The van der Waals surface area contributed by atoms with Crippen LogP contribution in [0.4, 0.5) is 0 Å². The number of rotatable bonds is 5. The van der Waals surface area contributed by atoms with Gasteiger partial charge in [-0.15, -0.1) is 0 Å². The van der Waals surface area contributed by atoms with Crippen LogP contribution >= 0.6 is 0 Å². The highest BCUT2D eigenvalue weighted by molar-refractivity contribution is 6.05. The zero-order chi connectivity index (χ0) is 14.0. The number of ketones is 1. The van der Waals surface area contributed by atoms with E-state index >= 15 is 0 Å². The number of ether oxygens (including phenoxy) is 3. The molecule has 0 aromatic heterocycles. The number of hydrogen-bond donors (Lipinski definition) is 1. The molecular formula is C14H19NO4. The summed E-state index contributed by atoms with van der Waals surface area (Å²) in [5.74, 6) is 1.16.